The number of allylic oxidation sites excluding steroid dienone is 2. The summed E-state index contributed by atoms with van der Waals surface area (Å²) in [6.45, 7) is 2.61. The third kappa shape index (κ3) is 3.30. The third-order valence-electron chi connectivity index (χ3n) is 12.3. The lowest BCUT2D eigenvalue weighted by molar-refractivity contribution is -0.140. The average molecular weight is 624 g/mol. The average Bonchev–Trinajstić information content (AvgIpc) is 3.84. The van der Waals surface area contributed by atoms with E-state index in [-0.39, 0.29) is 53.2 Å². The Kier molecular flexibility index (Phi) is 5.44. The highest BCUT2D eigenvalue weighted by Crippen LogP contribution is 2.66. The van der Waals surface area contributed by atoms with E-state index in [1.54, 1.807) is 30.5 Å². The van der Waals surface area contributed by atoms with Gasteiger partial charge in [0.1, 0.15) is 5.75 Å². The molecule has 3 aromatic rings. The number of carbonyl (C=O) groups is 4. The van der Waals surface area contributed by atoms with E-state index in [1.807, 2.05) is 55.5 Å². The number of rotatable bonds is 6. The van der Waals surface area contributed by atoms with E-state index >= 15 is 0 Å². The van der Waals surface area contributed by atoms with E-state index in [2.05, 4.69) is 12.2 Å². The minimum atomic E-state index is -1.16. The van der Waals surface area contributed by atoms with E-state index in [0.29, 0.717) is 29.9 Å². The molecule has 3 aromatic carbocycles. The lowest BCUT2D eigenvalue weighted by Crippen LogP contribution is -2.55. The molecule has 47 heavy (non-hydrogen) atoms. The van der Waals surface area contributed by atoms with Crippen molar-refractivity contribution >= 4 is 35.5 Å². The summed E-state index contributed by atoms with van der Waals surface area (Å²) >= 11 is 0. The zero-order chi connectivity index (χ0) is 31.8. The van der Waals surface area contributed by atoms with E-state index < -0.39 is 17.3 Å². The van der Waals surface area contributed by atoms with Crippen LogP contribution in [-0.4, -0.2) is 41.5 Å². The van der Waals surface area contributed by atoms with Gasteiger partial charge in [-0.3, -0.25) is 19.2 Å². The van der Waals surface area contributed by atoms with Gasteiger partial charge in [-0.2, -0.15) is 10.1 Å². The zero-order valence-corrected chi connectivity index (χ0v) is 25.9. The van der Waals surface area contributed by atoms with E-state index in [4.69, 9.17) is 9.84 Å². The maximum Gasteiger partial charge on any atom is 0.254 e. The summed E-state index contributed by atoms with van der Waals surface area (Å²) in [6.07, 6.45) is 7.92. The zero-order valence-electron chi connectivity index (χ0n) is 25.9. The number of anilines is 1. The molecule has 4 fully saturated rings. The minimum Gasteiger partial charge on any atom is -0.494 e. The van der Waals surface area contributed by atoms with Crippen LogP contribution in [-0.2, 0) is 24.6 Å². The predicted octanol–water partition coefficient (Wildman–Crippen LogP) is 5.07. The molecule has 0 radical (unpaired) electrons. The van der Waals surface area contributed by atoms with Crippen LogP contribution in [0.1, 0.15) is 47.9 Å². The number of benzene rings is 3. The number of nitrogens with zero attached hydrogens (tertiary/aromatic N) is 3. The molecular weight excluding hydrogens is 590 g/mol. The Morgan fingerprint density at radius 1 is 0.766 bits per heavy atom. The maximum atomic E-state index is 14.7. The first-order valence-electron chi connectivity index (χ1n) is 16.9. The molecule has 0 spiro atoms. The quantitative estimate of drug-likeness (QED) is 0.217. The Bertz CT molecular complexity index is 1900. The molecule has 2 saturated carbocycles. The number of ether oxygens (including phenoxy) is 1. The van der Waals surface area contributed by atoms with Crippen molar-refractivity contribution in [1.29, 1.82) is 0 Å². The smallest absolute Gasteiger partial charge is 0.254 e. The highest BCUT2D eigenvalue weighted by molar-refractivity contribution is 6.25. The summed E-state index contributed by atoms with van der Waals surface area (Å²) in [5, 5.41) is 5.87. The van der Waals surface area contributed by atoms with Gasteiger partial charge in [0.15, 0.2) is 0 Å². The monoisotopic (exact) mass is 623 g/mol. The molecule has 4 amide bonds. The predicted molar refractivity (Wildman–Crippen MR) is 172 cm³/mol. The Balaban J connectivity index is 1.11. The van der Waals surface area contributed by atoms with E-state index in [9.17, 15) is 19.2 Å². The van der Waals surface area contributed by atoms with Crippen molar-refractivity contribution in [2.45, 2.75) is 31.1 Å². The maximum absolute atomic E-state index is 14.7. The number of imide groups is 2. The molecule has 8 heteroatoms. The van der Waals surface area contributed by atoms with Crippen molar-refractivity contribution in [2.24, 2.45) is 52.4 Å². The second-order valence-electron chi connectivity index (χ2n) is 14.3. The first kappa shape index (κ1) is 27.3. The third-order valence-corrected chi connectivity index (χ3v) is 12.3. The molecule has 8 atom stereocenters. The molecule has 12 rings (SSSR count). The summed E-state index contributed by atoms with van der Waals surface area (Å²) < 4.78 is 5.75. The summed E-state index contributed by atoms with van der Waals surface area (Å²) in [4.78, 5) is 58.5. The topological polar surface area (TPSA) is 96.3 Å². The Morgan fingerprint density at radius 2 is 1.36 bits per heavy atom. The van der Waals surface area contributed by atoms with Gasteiger partial charge in [-0.05, 0) is 83.0 Å². The van der Waals surface area contributed by atoms with E-state index in [1.165, 1.54) is 4.90 Å². The van der Waals surface area contributed by atoms with Gasteiger partial charge in [0.2, 0.25) is 11.8 Å². The van der Waals surface area contributed by atoms with Gasteiger partial charge in [0, 0.05) is 12.1 Å². The fraction of sp³-hybridized carbons (Fsp3) is 0.359. The van der Waals surface area contributed by atoms with Gasteiger partial charge in [-0.1, -0.05) is 67.6 Å². The number of carbonyl (C=O) groups excluding carboxylic acids is 4. The van der Waals surface area contributed by atoms with Crippen LogP contribution in [0, 0.1) is 47.3 Å². The van der Waals surface area contributed by atoms with Crippen LogP contribution in [0.25, 0.3) is 0 Å². The minimum absolute atomic E-state index is 0.0853. The summed E-state index contributed by atoms with van der Waals surface area (Å²) in [5.74, 6) is -1.78. The molecular formula is C39H33N3O5. The van der Waals surface area contributed by atoms with Crippen molar-refractivity contribution in [3.63, 3.8) is 0 Å². The van der Waals surface area contributed by atoms with Gasteiger partial charge >= 0.3 is 0 Å². The first-order chi connectivity index (χ1) is 23.0. The normalized spacial score (nSPS) is 36.5. The number of hydrazone groups is 1. The molecule has 2 saturated heterocycles. The Morgan fingerprint density at radius 3 is 1.96 bits per heavy atom. The summed E-state index contributed by atoms with van der Waals surface area (Å²) in [7, 11) is 0. The Labute approximate surface area is 272 Å². The Hall–Kier alpha value is -4.85. The number of hydrogen-bond acceptors (Lipinski definition) is 6. The van der Waals surface area contributed by atoms with Crippen LogP contribution in [0.2, 0.25) is 0 Å². The van der Waals surface area contributed by atoms with Crippen molar-refractivity contribution in [3.05, 3.63) is 107 Å². The van der Waals surface area contributed by atoms with E-state index in [0.717, 1.165) is 40.1 Å². The SMILES string of the molecule is CCCOc1ccc(N2C(=O)[C@@H]3C4c5ccccc5C(/C=N\N5C(=O)[C@@H]6[C@H]7C=C[C@@H]([C@@H]8C[C@H]78)[C@@H]6C5=O)(c5ccccc54)[C@@H]3C2=O)cc1. The highest BCUT2D eigenvalue weighted by Gasteiger charge is 2.69. The largest absolute Gasteiger partial charge is 0.494 e. The highest BCUT2D eigenvalue weighted by atomic mass is 16.5. The second-order valence-corrected chi connectivity index (χ2v) is 14.3. The fourth-order valence-corrected chi connectivity index (χ4v) is 10.4. The van der Waals surface area contributed by atoms with Gasteiger partial charge < -0.3 is 4.74 Å². The van der Waals surface area contributed by atoms with Gasteiger partial charge in [0.05, 0.1) is 41.4 Å². The van der Waals surface area contributed by atoms with Crippen LogP contribution in [0.4, 0.5) is 5.69 Å². The second kappa shape index (κ2) is 9.37. The van der Waals surface area contributed by atoms with Gasteiger partial charge in [0.25, 0.3) is 11.8 Å². The van der Waals surface area contributed by atoms with Crippen molar-refractivity contribution < 1.29 is 23.9 Å². The number of hydrogen-bond donors (Lipinski definition) is 0. The fourth-order valence-electron chi connectivity index (χ4n) is 10.4. The van der Waals surface area contributed by atoms with Gasteiger partial charge in [-0.15, -0.1) is 0 Å². The van der Waals surface area contributed by atoms with Crippen molar-refractivity contribution in [3.8, 4) is 5.75 Å². The van der Waals surface area contributed by atoms with Crippen LogP contribution in [0.3, 0.4) is 0 Å². The molecule has 0 aromatic heterocycles. The van der Waals surface area contributed by atoms with Crippen LogP contribution in [0.5, 0.6) is 5.75 Å². The van der Waals surface area contributed by atoms with Gasteiger partial charge in [-0.25, -0.2) is 4.90 Å². The molecule has 4 bridgehead atoms. The first-order valence-corrected chi connectivity index (χ1v) is 16.9. The van der Waals surface area contributed by atoms with Crippen LogP contribution in [0.15, 0.2) is 90.0 Å². The van der Waals surface area contributed by atoms with Crippen LogP contribution < -0.4 is 9.64 Å². The summed E-state index contributed by atoms with van der Waals surface area (Å²) in [5.41, 5.74) is 3.05. The molecule has 7 aliphatic carbocycles. The van der Waals surface area contributed by atoms with Crippen molar-refractivity contribution in [1.82, 2.24) is 5.01 Å². The molecule has 234 valence electrons. The lowest BCUT2D eigenvalue weighted by Gasteiger charge is -2.52. The lowest BCUT2D eigenvalue weighted by atomic mass is 9.47. The summed E-state index contributed by atoms with van der Waals surface area (Å²) in [6, 6.07) is 23.0. The molecule has 2 aliphatic heterocycles. The van der Waals surface area contributed by atoms with Crippen molar-refractivity contribution in [2.75, 3.05) is 11.5 Å². The molecule has 0 unspecified atom stereocenters. The van der Waals surface area contributed by atoms with Crippen LogP contribution >= 0.6 is 0 Å². The molecule has 8 nitrogen and oxygen atoms in total. The number of amides is 4. The molecule has 9 aliphatic rings. The molecule has 0 N–H and O–H groups in total. The molecule has 2 heterocycles. The standard InChI is InChI=1S/C39H33N3O5/c1-2-17-47-21-13-11-20(12-14-21)41-35(43)33-30-24-7-3-5-9-28(24)39(34(33)38(41)46,29-10-6-4-8-25(29)30)19-40-42-36(44)31-22-15-16-23(27-18-26(22)27)32(31)37(42)45/h3-16,19,22-23,26-27,30-34H,2,17-18H2,1H3/b40-19-/t22-,23-,26-,27+,30?,31-,32+,33+,34-,39?/m0/s1.